The molecule has 0 bridgehead atoms. The molecule has 1 rings (SSSR count). The van der Waals surface area contributed by atoms with E-state index in [2.05, 4.69) is 28.9 Å². The van der Waals surface area contributed by atoms with Crippen molar-refractivity contribution in [1.29, 1.82) is 0 Å². The number of aryl methyl sites for hydroxylation is 1. The Kier molecular flexibility index (Phi) is 2.50. The van der Waals surface area contributed by atoms with Crippen molar-refractivity contribution in [3.05, 3.63) is 20.3 Å². The number of hydrogen-bond acceptors (Lipinski definition) is 2. The van der Waals surface area contributed by atoms with Gasteiger partial charge < -0.3 is 5.73 Å². The summed E-state index contributed by atoms with van der Waals surface area (Å²) in [5.41, 5.74) is 6.96. The largest absolute Gasteiger partial charge is 0.324 e. The van der Waals surface area contributed by atoms with E-state index in [1.807, 2.05) is 6.92 Å². The molecule has 56 valence electrons. The summed E-state index contributed by atoms with van der Waals surface area (Å²) in [5.74, 6) is 0. The van der Waals surface area contributed by atoms with E-state index in [1.165, 1.54) is 10.4 Å². The van der Waals surface area contributed by atoms with Gasteiger partial charge in [0, 0.05) is 10.9 Å². The predicted molar refractivity (Wildman–Crippen MR) is 49.4 cm³/mol. The molecule has 0 aliphatic carbocycles. The third kappa shape index (κ3) is 1.59. The van der Waals surface area contributed by atoms with Gasteiger partial charge in [-0.2, -0.15) is 0 Å². The second kappa shape index (κ2) is 3.03. The molecule has 0 aliphatic rings. The molecule has 1 aromatic rings. The summed E-state index contributed by atoms with van der Waals surface area (Å²) in [6.07, 6.45) is 0. The van der Waals surface area contributed by atoms with Crippen LogP contribution in [0.3, 0.4) is 0 Å². The quantitative estimate of drug-likeness (QED) is 0.773. The van der Waals surface area contributed by atoms with E-state index in [1.54, 1.807) is 11.3 Å². The Morgan fingerprint density at radius 3 is 2.50 bits per heavy atom. The van der Waals surface area contributed by atoms with Gasteiger partial charge in [0.2, 0.25) is 0 Å². The first-order valence-electron chi connectivity index (χ1n) is 3.12. The molecule has 10 heavy (non-hydrogen) atoms. The number of halogens is 1. The minimum atomic E-state index is 0.155. The van der Waals surface area contributed by atoms with E-state index in [-0.39, 0.29) is 6.04 Å². The molecule has 2 N–H and O–H groups in total. The number of nitrogens with two attached hydrogens (primary N) is 1. The summed E-state index contributed by atoms with van der Waals surface area (Å²) < 4.78 is 1.16. The van der Waals surface area contributed by atoms with Crippen molar-refractivity contribution in [3.63, 3.8) is 0 Å². The second-order valence-electron chi connectivity index (χ2n) is 2.35. The van der Waals surface area contributed by atoms with Crippen molar-refractivity contribution in [2.75, 3.05) is 0 Å². The molecule has 0 saturated heterocycles. The van der Waals surface area contributed by atoms with Crippen molar-refractivity contribution in [2.45, 2.75) is 19.9 Å². The van der Waals surface area contributed by atoms with Crippen LogP contribution in [0.2, 0.25) is 0 Å². The maximum atomic E-state index is 5.71. The van der Waals surface area contributed by atoms with Gasteiger partial charge in [0.25, 0.3) is 0 Å². The van der Waals surface area contributed by atoms with Crippen LogP contribution >= 0.6 is 27.3 Å². The Labute approximate surface area is 73.4 Å². The van der Waals surface area contributed by atoms with E-state index in [0.29, 0.717) is 0 Å². The molecule has 0 aliphatic heterocycles. The van der Waals surface area contributed by atoms with Gasteiger partial charge in [0.1, 0.15) is 0 Å². The van der Waals surface area contributed by atoms with Gasteiger partial charge in [0.15, 0.2) is 0 Å². The van der Waals surface area contributed by atoms with Crippen LogP contribution in [0.5, 0.6) is 0 Å². The fourth-order valence-electron chi connectivity index (χ4n) is 0.911. The average Bonchev–Trinajstić information content (AvgIpc) is 2.10. The van der Waals surface area contributed by atoms with Crippen LogP contribution in [0.1, 0.15) is 23.4 Å². The standard InChI is InChI=1S/C7H10BrNS/c1-4(9)6-3-7(8)10-5(6)2/h3-4H,9H2,1-2H3/t4-/m0/s1. The highest BCUT2D eigenvalue weighted by Gasteiger charge is 2.06. The molecule has 0 amide bonds. The molecule has 0 aromatic carbocycles. The van der Waals surface area contributed by atoms with Crippen molar-refractivity contribution in [2.24, 2.45) is 5.73 Å². The van der Waals surface area contributed by atoms with Crippen LogP contribution in [0.25, 0.3) is 0 Å². The lowest BCUT2D eigenvalue weighted by Gasteiger charge is -2.01. The first-order valence-corrected chi connectivity index (χ1v) is 4.73. The van der Waals surface area contributed by atoms with Gasteiger partial charge in [-0.25, -0.2) is 0 Å². The molecule has 0 saturated carbocycles. The summed E-state index contributed by atoms with van der Waals surface area (Å²) >= 11 is 5.15. The van der Waals surface area contributed by atoms with Crippen LogP contribution in [-0.4, -0.2) is 0 Å². The van der Waals surface area contributed by atoms with Gasteiger partial charge in [-0.1, -0.05) is 0 Å². The lowest BCUT2D eigenvalue weighted by Crippen LogP contribution is -2.04. The highest BCUT2D eigenvalue weighted by atomic mass is 79.9. The molecular formula is C7H10BrNS. The lowest BCUT2D eigenvalue weighted by molar-refractivity contribution is 0.816. The summed E-state index contributed by atoms with van der Waals surface area (Å²) in [6, 6.07) is 2.24. The van der Waals surface area contributed by atoms with Crippen LogP contribution in [0, 0.1) is 6.92 Å². The zero-order valence-corrected chi connectivity index (χ0v) is 8.42. The van der Waals surface area contributed by atoms with Crippen LogP contribution in [0.15, 0.2) is 9.85 Å². The predicted octanol–water partition coefficient (Wildman–Crippen LogP) is 2.84. The van der Waals surface area contributed by atoms with E-state index in [4.69, 9.17) is 5.73 Å². The smallest absolute Gasteiger partial charge is 0.0704 e. The molecule has 0 unspecified atom stereocenters. The summed E-state index contributed by atoms with van der Waals surface area (Å²) in [6.45, 7) is 4.09. The zero-order chi connectivity index (χ0) is 7.72. The van der Waals surface area contributed by atoms with E-state index < -0.39 is 0 Å². The maximum absolute atomic E-state index is 5.71. The number of hydrogen-bond donors (Lipinski definition) is 1. The summed E-state index contributed by atoms with van der Waals surface area (Å²) in [4.78, 5) is 1.31. The maximum Gasteiger partial charge on any atom is 0.0704 e. The SMILES string of the molecule is Cc1sc(Br)cc1[C@H](C)N. The average molecular weight is 220 g/mol. The normalized spacial score (nSPS) is 13.6. The van der Waals surface area contributed by atoms with Crippen molar-refractivity contribution in [1.82, 2.24) is 0 Å². The molecule has 0 spiro atoms. The first-order chi connectivity index (χ1) is 4.61. The Morgan fingerprint density at radius 2 is 2.30 bits per heavy atom. The topological polar surface area (TPSA) is 26.0 Å². The summed E-state index contributed by atoms with van der Waals surface area (Å²) in [5, 5.41) is 0. The van der Waals surface area contributed by atoms with E-state index in [9.17, 15) is 0 Å². The Balaban J connectivity index is 3.03. The van der Waals surface area contributed by atoms with E-state index >= 15 is 0 Å². The minimum absolute atomic E-state index is 0.155. The first kappa shape index (κ1) is 8.24. The molecule has 0 fully saturated rings. The van der Waals surface area contributed by atoms with Crippen LogP contribution < -0.4 is 5.73 Å². The second-order valence-corrected chi connectivity index (χ2v) is 4.99. The number of thiophene rings is 1. The van der Waals surface area contributed by atoms with Gasteiger partial charge in [0.05, 0.1) is 3.79 Å². The van der Waals surface area contributed by atoms with E-state index in [0.717, 1.165) is 3.79 Å². The minimum Gasteiger partial charge on any atom is -0.324 e. The zero-order valence-electron chi connectivity index (χ0n) is 6.02. The van der Waals surface area contributed by atoms with Crippen molar-refractivity contribution in [3.8, 4) is 0 Å². The van der Waals surface area contributed by atoms with Gasteiger partial charge in [-0.05, 0) is 41.4 Å². The Morgan fingerprint density at radius 1 is 1.70 bits per heavy atom. The van der Waals surface area contributed by atoms with Crippen LogP contribution in [0.4, 0.5) is 0 Å². The van der Waals surface area contributed by atoms with Crippen molar-refractivity contribution < 1.29 is 0 Å². The highest BCUT2D eigenvalue weighted by Crippen LogP contribution is 2.29. The fourth-order valence-corrected chi connectivity index (χ4v) is 2.73. The van der Waals surface area contributed by atoms with Gasteiger partial charge in [-0.15, -0.1) is 11.3 Å². The third-order valence-electron chi connectivity index (χ3n) is 1.42. The monoisotopic (exact) mass is 219 g/mol. The highest BCUT2D eigenvalue weighted by molar-refractivity contribution is 9.11. The molecule has 1 atom stereocenters. The lowest BCUT2D eigenvalue weighted by atomic mass is 10.1. The van der Waals surface area contributed by atoms with Gasteiger partial charge >= 0.3 is 0 Å². The molecule has 1 aromatic heterocycles. The third-order valence-corrected chi connectivity index (χ3v) is 2.99. The Bertz CT molecular complexity index is 230. The number of rotatable bonds is 1. The Hall–Kier alpha value is 0.140. The molecule has 1 heterocycles. The molecular weight excluding hydrogens is 210 g/mol. The molecule has 1 nitrogen and oxygen atoms in total. The van der Waals surface area contributed by atoms with Crippen molar-refractivity contribution >= 4 is 27.3 Å². The molecule has 0 radical (unpaired) electrons. The fraction of sp³-hybridized carbons (Fsp3) is 0.429. The van der Waals surface area contributed by atoms with Gasteiger partial charge in [-0.3, -0.25) is 0 Å². The summed E-state index contributed by atoms with van der Waals surface area (Å²) in [7, 11) is 0. The van der Waals surface area contributed by atoms with Crippen LogP contribution in [-0.2, 0) is 0 Å². The molecule has 3 heteroatoms.